The van der Waals surface area contributed by atoms with E-state index in [0.29, 0.717) is 0 Å². The molecule has 0 rings (SSSR count). The first-order chi connectivity index (χ1) is 10.9. The van der Waals surface area contributed by atoms with Crippen LogP contribution in [-0.4, -0.2) is 19.6 Å². The quantitative estimate of drug-likeness (QED) is 0.272. The first-order valence-corrected chi connectivity index (χ1v) is 10.3. The molecule has 2 nitrogen and oxygen atoms in total. The van der Waals surface area contributed by atoms with E-state index in [9.17, 15) is 0 Å². The molecule has 0 radical (unpaired) electrons. The molecule has 3 heteroatoms. The zero-order chi connectivity index (χ0) is 16.1. The molecule has 0 spiro atoms. The van der Waals surface area contributed by atoms with Crippen LogP contribution in [0.1, 0.15) is 110 Å². The van der Waals surface area contributed by atoms with E-state index < -0.39 is 0 Å². The maximum absolute atomic E-state index is 5.48. The van der Waals surface area contributed by atoms with E-state index in [2.05, 4.69) is 12.2 Å². The van der Waals surface area contributed by atoms with Gasteiger partial charge in [-0.25, -0.2) is 0 Å². The summed E-state index contributed by atoms with van der Waals surface area (Å²) in [5, 5.41) is 3.57. The number of halogens is 1. The van der Waals surface area contributed by atoms with Crippen LogP contribution in [0.4, 0.5) is 0 Å². The van der Waals surface area contributed by atoms with Gasteiger partial charge in [0.05, 0.1) is 0 Å². The topological polar surface area (TPSA) is 38.0 Å². The minimum Gasteiger partial charge on any atom is -0.330 e. The van der Waals surface area contributed by atoms with Gasteiger partial charge in [0.15, 0.2) is 0 Å². The molecule has 0 aromatic heterocycles. The number of rotatable bonds is 19. The average molecular weight is 349 g/mol. The first kappa shape index (κ1) is 25.5. The third-order valence-electron chi connectivity index (χ3n) is 4.51. The maximum atomic E-state index is 5.48. The number of nitrogens with one attached hydrogen (secondary N) is 1. The Morgan fingerprint density at radius 3 is 1.26 bits per heavy atom. The molecule has 0 aliphatic carbocycles. The van der Waals surface area contributed by atoms with Gasteiger partial charge in [0, 0.05) is 0 Å². The van der Waals surface area contributed by atoms with Crippen molar-refractivity contribution in [3.8, 4) is 0 Å². The molecule has 0 aliphatic heterocycles. The molecule has 0 heterocycles. The molecule has 0 aromatic carbocycles. The predicted molar refractivity (Wildman–Crippen MR) is 109 cm³/mol. The lowest BCUT2D eigenvalue weighted by atomic mass is 10.1. The van der Waals surface area contributed by atoms with Gasteiger partial charge in [-0.2, -0.15) is 0 Å². The summed E-state index contributed by atoms with van der Waals surface area (Å²) in [6.45, 7) is 5.56. The molecule has 0 amide bonds. The Morgan fingerprint density at radius 1 is 0.522 bits per heavy atom. The third kappa shape index (κ3) is 24.6. The van der Waals surface area contributed by atoms with Crippen LogP contribution in [0.3, 0.4) is 0 Å². The van der Waals surface area contributed by atoms with Crippen LogP contribution in [0.15, 0.2) is 0 Å². The van der Waals surface area contributed by atoms with Gasteiger partial charge in [-0.15, -0.1) is 12.4 Å². The van der Waals surface area contributed by atoms with Gasteiger partial charge >= 0.3 is 0 Å². The van der Waals surface area contributed by atoms with Gasteiger partial charge in [0.25, 0.3) is 0 Å². The van der Waals surface area contributed by atoms with Crippen LogP contribution in [0.5, 0.6) is 0 Å². The summed E-state index contributed by atoms with van der Waals surface area (Å²) < 4.78 is 0. The monoisotopic (exact) mass is 348 g/mol. The van der Waals surface area contributed by atoms with E-state index in [4.69, 9.17) is 5.73 Å². The Bertz CT molecular complexity index is 168. The standard InChI is InChI=1S/C20H44N2.ClH/c1-2-3-4-5-6-7-8-9-10-11-13-16-19-22-20-17-14-12-15-18-21;/h22H,2-21H2,1H3;1H. The number of hydrogen-bond acceptors (Lipinski definition) is 2. The average Bonchev–Trinajstić information content (AvgIpc) is 2.54. The summed E-state index contributed by atoms with van der Waals surface area (Å²) in [5.74, 6) is 0. The molecule has 0 bridgehead atoms. The molecule has 0 saturated heterocycles. The molecular weight excluding hydrogens is 304 g/mol. The minimum atomic E-state index is 0. The molecule has 0 saturated carbocycles. The van der Waals surface area contributed by atoms with Crippen LogP contribution in [0.2, 0.25) is 0 Å². The van der Waals surface area contributed by atoms with Crippen molar-refractivity contribution in [1.82, 2.24) is 5.32 Å². The Labute approximate surface area is 153 Å². The summed E-state index contributed by atoms with van der Waals surface area (Å²) in [4.78, 5) is 0. The normalized spacial score (nSPS) is 10.7. The van der Waals surface area contributed by atoms with Crippen LogP contribution >= 0.6 is 12.4 Å². The highest BCUT2D eigenvalue weighted by atomic mass is 35.5. The van der Waals surface area contributed by atoms with Crippen LogP contribution < -0.4 is 11.1 Å². The van der Waals surface area contributed by atoms with Crippen LogP contribution in [-0.2, 0) is 0 Å². The van der Waals surface area contributed by atoms with E-state index in [1.807, 2.05) is 0 Å². The summed E-state index contributed by atoms with van der Waals surface area (Å²) in [6, 6.07) is 0. The Kier molecular flexibility index (Phi) is 27.1. The molecular formula is C20H45ClN2. The fourth-order valence-electron chi connectivity index (χ4n) is 2.96. The Hall–Kier alpha value is 0.210. The second-order valence-electron chi connectivity index (χ2n) is 6.84. The summed E-state index contributed by atoms with van der Waals surface area (Å²) in [5.41, 5.74) is 5.48. The minimum absolute atomic E-state index is 0. The zero-order valence-corrected chi connectivity index (χ0v) is 16.7. The van der Waals surface area contributed by atoms with Crippen molar-refractivity contribution in [2.24, 2.45) is 5.73 Å². The molecule has 3 N–H and O–H groups in total. The lowest BCUT2D eigenvalue weighted by Gasteiger charge is -2.05. The van der Waals surface area contributed by atoms with Crippen molar-refractivity contribution in [2.45, 2.75) is 110 Å². The highest BCUT2D eigenvalue weighted by molar-refractivity contribution is 5.85. The van der Waals surface area contributed by atoms with E-state index in [0.717, 1.165) is 6.54 Å². The van der Waals surface area contributed by atoms with Crippen molar-refractivity contribution in [1.29, 1.82) is 0 Å². The van der Waals surface area contributed by atoms with Crippen molar-refractivity contribution >= 4 is 12.4 Å². The van der Waals surface area contributed by atoms with Crippen molar-refractivity contribution < 1.29 is 0 Å². The molecule has 0 atom stereocenters. The van der Waals surface area contributed by atoms with Gasteiger partial charge in [0.1, 0.15) is 0 Å². The highest BCUT2D eigenvalue weighted by Crippen LogP contribution is 2.11. The number of hydrogen-bond donors (Lipinski definition) is 2. The molecule has 142 valence electrons. The van der Waals surface area contributed by atoms with Crippen molar-refractivity contribution in [3.63, 3.8) is 0 Å². The third-order valence-corrected chi connectivity index (χ3v) is 4.51. The van der Waals surface area contributed by atoms with Crippen LogP contribution in [0, 0.1) is 0 Å². The van der Waals surface area contributed by atoms with E-state index in [1.165, 1.54) is 116 Å². The second-order valence-corrected chi connectivity index (χ2v) is 6.84. The summed E-state index contributed by atoms with van der Waals surface area (Å²) in [6.07, 6.45) is 22.4. The predicted octanol–water partition coefficient (Wildman–Crippen LogP) is 6.22. The Balaban J connectivity index is 0. The lowest BCUT2D eigenvalue weighted by Crippen LogP contribution is -2.16. The zero-order valence-electron chi connectivity index (χ0n) is 15.9. The van der Waals surface area contributed by atoms with E-state index in [-0.39, 0.29) is 12.4 Å². The fourth-order valence-corrected chi connectivity index (χ4v) is 2.96. The maximum Gasteiger partial charge on any atom is -0.00489 e. The van der Waals surface area contributed by atoms with Crippen molar-refractivity contribution in [3.05, 3.63) is 0 Å². The molecule has 0 fully saturated rings. The molecule has 0 aromatic rings. The summed E-state index contributed by atoms with van der Waals surface area (Å²) in [7, 11) is 0. The van der Waals surface area contributed by atoms with Gasteiger partial charge in [-0.3, -0.25) is 0 Å². The molecule has 0 aliphatic rings. The van der Waals surface area contributed by atoms with Crippen molar-refractivity contribution in [2.75, 3.05) is 19.6 Å². The SMILES string of the molecule is CCCCCCCCCCCCCCNCCCCCCN.Cl. The smallest absolute Gasteiger partial charge is 0.00489 e. The Morgan fingerprint density at radius 2 is 0.870 bits per heavy atom. The number of nitrogens with two attached hydrogens (primary N) is 1. The summed E-state index contributed by atoms with van der Waals surface area (Å²) >= 11 is 0. The fraction of sp³-hybridized carbons (Fsp3) is 1.00. The van der Waals surface area contributed by atoms with Gasteiger partial charge in [-0.05, 0) is 38.9 Å². The largest absolute Gasteiger partial charge is 0.330 e. The van der Waals surface area contributed by atoms with E-state index >= 15 is 0 Å². The van der Waals surface area contributed by atoms with E-state index in [1.54, 1.807) is 0 Å². The lowest BCUT2D eigenvalue weighted by molar-refractivity contribution is 0.529. The van der Waals surface area contributed by atoms with Gasteiger partial charge < -0.3 is 11.1 Å². The van der Waals surface area contributed by atoms with Gasteiger partial charge in [0.2, 0.25) is 0 Å². The van der Waals surface area contributed by atoms with Gasteiger partial charge in [-0.1, -0.05) is 90.4 Å². The second kappa shape index (κ2) is 24.5. The highest BCUT2D eigenvalue weighted by Gasteiger charge is 1.94. The number of unbranched alkanes of at least 4 members (excludes halogenated alkanes) is 14. The van der Waals surface area contributed by atoms with Crippen LogP contribution in [0.25, 0.3) is 0 Å². The molecule has 0 unspecified atom stereocenters. The molecule has 23 heavy (non-hydrogen) atoms. The first-order valence-electron chi connectivity index (χ1n) is 10.3.